The summed E-state index contributed by atoms with van der Waals surface area (Å²) in [5, 5.41) is 11.5. The van der Waals surface area contributed by atoms with Gasteiger partial charge in [-0.15, -0.1) is 0 Å². The average molecular weight is 545 g/mol. The van der Waals surface area contributed by atoms with Gasteiger partial charge in [0.05, 0.1) is 52.9 Å². The summed E-state index contributed by atoms with van der Waals surface area (Å²) in [5.74, 6) is -0.588. The molecular formula is C29H54NO8. The van der Waals surface area contributed by atoms with Gasteiger partial charge in [0.25, 0.3) is 0 Å². The lowest BCUT2D eigenvalue weighted by Crippen LogP contribution is -2.27. The predicted octanol–water partition coefficient (Wildman–Crippen LogP) is 5.00. The first kappa shape index (κ1) is 36.5. The molecule has 38 heavy (non-hydrogen) atoms. The molecule has 2 N–H and O–H groups in total. The Labute approximate surface area is 230 Å². The van der Waals surface area contributed by atoms with Crippen molar-refractivity contribution in [1.82, 2.24) is 5.32 Å². The molecule has 0 atom stereocenters. The first-order valence-corrected chi connectivity index (χ1v) is 14.8. The van der Waals surface area contributed by atoms with E-state index in [-0.39, 0.29) is 12.3 Å². The standard InChI is InChI=1S/C29H54NO8/c31-19-15-20-35-22-24-37-26-27-38-25-23-36-21-18-30-28(32)16-13-11-9-7-5-3-1-2-4-6-8-10-12-14-17-29(33)34/h1-18,20-27H2,(H,30,32)(H,33,34). The highest BCUT2D eigenvalue weighted by Gasteiger charge is 2.01. The maximum atomic E-state index is 11.9. The van der Waals surface area contributed by atoms with Crippen molar-refractivity contribution in [2.75, 3.05) is 59.4 Å². The van der Waals surface area contributed by atoms with E-state index in [9.17, 15) is 14.4 Å². The van der Waals surface area contributed by atoms with Crippen molar-refractivity contribution in [3.05, 3.63) is 0 Å². The van der Waals surface area contributed by atoms with Crippen LogP contribution in [0.5, 0.6) is 0 Å². The highest BCUT2D eigenvalue weighted by molar-refractivity contribution is 5.75. The Kier molecular flexibility index (Phi) is 30.4. The molecule has 0 aromatic carbocycles. The number of unbranched alkanes of at least 4 members (excludes halogenated alkanes) is 13. The quantitative estimate of drug-likeness (QED) is 0.114. The van der Waals surface area contributed by atoms with Crippen LogP contribution in [0.25, 0.3) is 0 Å². The molecule has 0 rings (SSSR count). The van der Waals surface area contributed by atoms with E-state index in [0.717, 1.165) is 32.1 Å². The summed E-state index contributed by atoms with van der Waals surface area (Å²) >= 11 is 0. The molecule has 0 aliphatic heterocycles. The molecule has 0 aromatic heterocycles. The van der Waals surface area contributed by atoms with Gasteiger partial charge in [-0.25, -0.2) is 0 Å². The summed E-state index contributed by atoms with van der Waals surface area (Å²) in [7, 11) is 0. The number of hydrogen-bond donors (Lipinski definition) is 2. The fourth-order valence-electron chi connectivity index (χ4n) is 3.91. The highest BCUT2D eigenvalue weighted by atomic mass is 16.6. The summed E-state index contributed by atoms with van der Waals surface area (Å²) in [5.41, 5.74) is 0. The van der Waals surface area contributed by atoms with E-state index in [0.29, 0.717) is 72.2 Å². The smallest absolute Gasteiger partial charge is 0.303 e. The summed E-state index contributed by atoms with van der Waals surface area (Å²) in [4.78, 5) is 32.3. The van der Waals surface area contributed by atoms with Gasteiger partial charge in [-0.3, -0.25) is 14.4 Å². The van der Waals surface area contributed by atoms with E-state index in [4.69, 9.17) is 24.1 Å². The Morgan fingerprint density at radius 3 is 1.32 bits per heavy atom. The van der Waals surface area contributed by atoms with Crippen LogP contribution in [0.3, 0.4) is 0 Å². The van der Waals surface area contributed by atoms with Crippen molar-refractivity contribution in [3.8, 4) is 0 Å². The van der Waals surface area contributed by atoms with Gasteiger partial charge in [0, 0.05) is 25.8 Å². The molecule has 0 spiro atoms. The molecule has 0 aliphatic carbocycles. The van der Waals surface area contributed by atoms with Gasteiger partial charge < -0.3 is 29.4 Å². The molecule has 9 heteroatoms. The average Bonchev–Trinajstić information content (AvgIpc) is 2.90. The summed E-state index contributed by atoms with van der Waals surface area (Å²) in [6, 6.07) is 0. The molecule has 0 bridgehead atoms. The van der Waals surface area contributed by atoms with Gasteiger partial charge in [0.2, 0.25) is 12.2 Å². The van der Waals surface area contributed by atoms with E-state index in [2.05, 4.69) is 5.32 Å². The Bertz CT molecular complexity index is 533. The number of carboxylic acids is 1. The van der Waals surface area contributed by atoms with E-state index >= 15 is 0 Å². The van der Waals surface area contributed by atoms with Crippen LogP contribution < -0.4 is 5.32 Å². The van der Waals surface area contributed by atoms with Crippen LogP contribution in [0.15, 0.2) is 0 Å². The van der Waals surface area contributed by atoms with Crippen molar-refractivity contribution in [1.29, 1.82) is 0 Å². The van der Waals surface area contributed by atoms with Crippen LogP contribution in [-0.4, -0.2) is 82.7 Å². The normalized spacial score (nSPS) is 11.1. The van der Waals surface area contributed by atoms with Crippen molar-refractivity contribution >= 4 is 18.2 Å². The lowest BCUT2D eigenvalue weighted by atomic mass is 10.0. The van der Waals surface area contributed by atoms with E-state index in [1.807, 2.05) is 0 Å². The topological polar surface area (TPSA) is 120 Å². The van der Waals surface area contributed by atoms with E-state index in [1.54, 1.807) is 6.29 Å². The summed E-state index contributed by atoms with van der Waals surface area (Å²) in [6.45, 7) is 4.26. The second kappa shape index (κ2) is 31.7. The minimum atomic E-state index is -0.683. The first-order valence-electron chi connectivity index (χ1n) is 14.8. The van der Waals surface area contributed by atoms with Gasteiger partial charge in [-0.1, -0.05) is 77.0 Å². The molecule has 9 nitrogen and oxygen atoms in total. The molecule has 0 aliphatic rings. The third-order valence-corrected chi connectivity index (χ3v) is 6.08. The molecule has 1 radical (unpaired) electrons. The zero-order valence-corrected chi connectivity index (χ0v) is 23.7. The van der Waals surface area contributed by atoms with Gasteiger partial charge in [-0.2, -0.15) is 0 Å². The van der Waals surface area contributed by atoms with Gasteiger partial charge in [0.1, 0.15) is 0 Å². The SMILES string of the molecule is O=[C]CCOCCOCCOCCOCCNC(=O)CCCCCCCCCCCCCCCCC(=O)O. The molecule has 1 amide bonds. The third-order valence-electron chi connectivity index (χ3n) is 6.08. The fraction of sp³-hybridized carbons (Fsp3) is 0.897. The number of amides is 1. The molecule has 0 heterocycles. The monoisotopic (exact) mass is 544 g/mol. The second-order valence-electron chi connectivity index (χ2n) is 9.54. The lowest BCUT2D eigenvalue weighted by molar-refractivity contribution is -0.137. The number of carbonyl (C=O) groups excluding carboxylic acids is 2. The van der Waals surface area contributed by atoms with Crippen LogP contribution in [0.2, 0.25) is 0 Å². The first-order chi connectivity index (χ1) is 18.7. The Hall–Kier alpha value is -1.55. The number of aliphatic carboxylic acids is 1. The Morgan fingerprint density at radius 1 is 0.526 bits per heavy atom. The number of hydrogen-bond acceptors (Lipinski definition) is 7. The van der Waals surface area contributed by atoms with Crippen LogP contribution in [-0.2, 0) is 33.3 Å². The highest BCUT2D eigenvalue weighted by Crippen LogP contribution is 2.13. The van der Waals surface area contributed by atoms with E-state index < -0.39 is 5.97 Å². The minimum Gasteiger partial charge on any atom is -0.481 e. The largest absolute Gasteiger partial charge is 0.481 e. The predicted molar refractivity (Wildman–Crippen MR) is 148 cm³/mol. The van der Waals surface area contributed by atoms with Crippen LogP contribution in [0.1, 0.15) is 109 Å². The molecule has 0 fully saturated rings. The van der Waals surface area contributed by atoms with Crippen LogP contribution in [0.4, 0.5) is 0 Å². The Morgan fingerprint density at radius 2 is 0.895 bits per heavy atom. The molecule has 0 saturated heterocycles. The minimum absolute atomic E-state index is 0.0946. The van der Waals surface area contributed by atoms with Crippen molar-refractivity contribution in [2.45, 2.75) is 109 Å². The summed E-state index contributed by atoms with van der Waals surface area (Å²) < 4.78 is 21.4. The maximum Gasteiger partial charge on any atom is 0.303 e. The third kappa shape index (κ3) is 32.5. The molecular weight excluding hydrogens is 490 g/mol. The van der Waals surface area contributed by atoms with Crippen molar-refractivity contribution in [2.24, 2.45) is 0 Å². The number of carboxylic acid groups (broad SMARTS) is 1. The van der Waals surface area contributed by atoms with Crippen LogP contribution >= 0.6 is 0 Å². The zero-order valence-electron chi connectivity index (χ0n) is 23.7. The number of carbonyl (C=O) groups is 2. The van der Waals surface area contributed by atoms with Gasteiger partial charge >= 0.3 is 5.97 Å². The molecule has 0 aromatic rings. The molecule has 223 valence electrons. The number of ether oxygens (including phenoxy) is 4. The Balaban J connectivity index is 3.16. The fourth-order valence-corrected chi connectivity index (χ4v) is 3.91. The molecule has 0 unspecified atom stereocenters. The van der Waals surface area contributed by atoms with Crippen molar-refractivity contribution in [3.63, 3.8) is 0 Å². The number of rotatable bonds is 32. The zero-order chi connectivity index (χ0) is 27.8. The van der Waals surface area contributed by atoms with Crippen LogP contribution in [0, 0.1) is 0 Å². The van der Waals surface area contributed by atoms with Crippen molar-refractivity contribution < 1.29 is 38.4 Å². The lowest BCUT2D eigenvalue weighted by Gasteiger charge is -2.08. The van der Waals surface area contributed by atoms with Gasteiger partial charge in [0.15, 0.2) is 0 Å². The number of nitrogens with one attached hydrogen (secondary N) is 1. The van der Waals surface area contributed by atoms with E-state index in [1.165, 1.54) is 57.8 Å². The van der Waals surface area contributed by atoms with Gasteiger partial charge in [-0.05, 0) is 12.8 Å². The second-order valence-corrected chi connectivity index (χ2v) is 9.54. The summed E-state index contributed by atoms with van der Waals surface area (Å²) in [6.07, 6.45) is 19.5. The maximum absolute atomic E-state index is 11.9. The molecule has 0 saturated carbocycles.